The van der Waals surface area contributed by atoms with E-state index in [1.54, 1.807) is 11.0 Å². The van der Waals surface area contributed by atoms with E-state index in [1.807, 2.05) is 60.0 Å². The summed E-state index contributed by atoms with van der Waals surface area (Å²) < 4.78 is 2.02. The van der Waals surface area contributed by atoms with Crippen LogP contribution in [0.5, 0.6) is 0 Å². The first-order chi connectivity index (χ1) is 14.2. The number of Topliss-reactive ketones (excluding diaryl/α,β-unsaturated/α-hetero) is 1. The van der Waals surface area contributed by atoms with Crippen LogP contribution in [0.4, 0.5) is 5.69 Å². The van der Waals surface area contributed by atoms with Gasteiger partial charge in [0.05, 0.1) is 5.75 Å². The van der Waals surface area contributed by atoms with Crippen molar-refractivity contribution in [3.63, 3.8) is 0 Å². The monoisotopic (exact) mass is 406 g/mol. The molecule has 29 heavy (non-hydrogen) atoms. The number of nitrogens with zero attached hydrogens (tertiary/aromatic N) is 4. The summed E-state index contributed by atoms with van der Waals surface area (Å²) in [6.45, 7) is 3.48. The van der Waals surface area contributed by atoms with E-state index in [0.717, 1.165) is 35.2 Å². The second-order valence-electron chi connectivity index (χ2n) is 6.83. The number of hydrogen-bond acceptors (Lipinski definition) is 5. The summed E-state index contributed by atoms with van der Waals surface area (Å²) in [7, 11) is 0. The molecule has 148 valence electrons. The molecule has 3 aromatic rings. The molecule has 1 fully saturated rings. The molecular weight excluding hydrogens is 384 g/mol. The van der Waals surface area contributed by atoms with E-state index < -0.39 is 0 Å². The molecule has 1 saturated heterocycles. The van der Waals surface area contributed by atoms with Gasteiger partial charge in [-0.2, -0.15) is 0 Å². The predicted octanol–water partition coefficient (Wildman–Crippen LogP) is 4.07. The molecule has 0 bridgehead atoms. The lowest BCUT2D eigenvalue weighted by atomic mass is 10.1. The van der Waals surface area contributed by atoms with Crippen molar-refractivity contribution in [2.75, 3.05) is 17.2 Å². The zero-order valence-corrected chi connectivity index (χ0v) is 17.1. The molecule has 1 amide bonds. The van der Waals surface area contributed by atoms with E-state index >= 15 is 0 Å². The van der Waals surface area contributed by atoms with Gasteiger partial charge in [-0.25, -0.2) is 0 Å². The van der Waals surface area contributed by atoms with Gasteiger partial charge in [-0.05, 0) is 25.5 Å². The summed E-state index contributed by atoms with van der Waals surface area (Å²) in [5.41, 5.74) is 2.41. The Bertz CT molecular complexity index is 1030. The van der Waals surface area contributed by atoms with Gasteiger partial charge in [-0.3, -0.25) is 9.59 Å². The Morgan fingerprint density at radius 2 is 1.93 bits per heavy atom. The summed E-state index contributed by atoms with van der Waals surface area (Å²) in [5.74, 6) is 1.20. The van der Waals surface area contributed by atoms with Crippen molar-refractivity contribution in [2.24, 2.45) is 0 Å². The lowest BCUT2D eigenvalue weighted by Crippen LogP contribution is -2.23. The standard InChI is InChI=1S/C22H22N4O2S/c1-2-25-21(16-8-4-3-5-9-16)23-24-22(25)29-15-19(27)17-10-6-11-18(14-17)26-13-7-12-20(26)28/h3-6,8-11,14H,2,7,12-13,15H2,1H3. The number of ketones is 1. The molecule has 7 heteroatoms. The molecule has 1 aliphatic rings. The molecule has 2 heterocycles. The normalized spacial score (nSPS) is 13.8. The van der Waals surface area contributed by atoms with Gasteiger partial charge in [-0.1, -0.05) is 54.2 Å². The fraction of sp³-hybridized carbons (Fsp3) is 0.273. The van der Waals surface area contributed by atoms with Crippen molar-refractivity contribution >= 4 is 29.1 Å². The minimum atomic E-state index is 0.00964. The van der Waals surface area contributed by atoms with Gasteiger partial charge in [0, 0.05) is 36.3 Å². The number of carbonyl (C=O) groups excluding carboxylic acids is 2. The SMILES string of the molecule is CCn1c(SCC(=O)c2cccc(N3CCCC3=O)c2)nnc1-c1ccccc1. The predicted molar refractivity (Wildman–Crippen MR) is 114 cm³/mol. The van der Waals surface area contributed by atoms with E-state index in [9.17, 15) is 9.59 Å². The minimum Gasteiger partial charge on any atom is -0.312 e. The number of thioether (sulfide) groups is 1. The van der Waals surface area contributed by atoms with Crippen LogP contribution in [0, 0.1) is 0 Å². The third kappa shape index (κ3) is 4.10. The highest BCUT2D eigenvalue weighted by Crippen LogP contribution is 2.26. The van der Waals surface area contributed by atoms with E-state index in [-0.39, 0.29) is 17.4 Å². The van der Waals surface area contributed by atoms with Gasteiger partial charge in [0.2, 0.25) is 5.91 Å². The maximum absolute atomic E-state index is 12.8. The molecule has 0 spiro atoms. The molecule has 0 N–H and O–H groups in total. The van der Waals surface area contributed by atoms with Gasteiger partial charge < -0.3 is 9.47 Å². The average molecular weight is 407 g/mol. The molecule has 6 nitrogen and oxygen atoms in total. The summed E-state index contributed by atoms with van der Waals surface area (Å²) >= 11 is 1.39. The molecule has 0 saturated carbocycles. The fourth-order valence-electron chi connectivity index (χ4n) is 3.46. The van der Waals surface area contributed by atoms with E-state index in [2.05, 4.69) is 10.2 Å². The van der Waals surface area contributed by atoms with Crippen LogP contribution in [0.15, 0.2) is 59.8 Å². The van der Waals surface area contributed by atoms with Crippen LogP contribution < -0.4 is 4.90 Å². The lowest BCUT2D eigenvalue weighted by Gasteiger charge is -2.16. The van der Waals surface area contributed by atoms with Crippen molar-refractivity contribution in [2.45, 2.75) is 31.5 Å². The molecular formula is C22H22N4O2S. The molecule has 1 aromatic heterocycles. The largest absolute Gasteiger partial charge is 0.312 e. The zero-order chi connectivity index (χ0) is 20.2. The van der Waals surface area contributed by atoms with Gasteiger partial charge in [0.15, 0.2) is 16.8 Å². The Morgan fingerprint density at radius 1 is 1.10 bits per heavy atom. The molecule has 0 atom stereocenters. The Labute approximate surface area is 173 Å². The van der Waals surface area contributed by atoms with Crippen LogP contribution in [-0.2, 0) is 11.3 Å². The Hall–Kier alpha value is -2.93. The van der Waals surface area contributed by atoms with Crippen molar-refractivity contribution in [3.05, 3.63) is 60.2 Å². The second-order valence-corrected chi connectivity index (χ2v) is 7.77. The molecule has 0 radical (unpaired) electrons. The highest BCUT2D eigenvalue weighted by atomic mass is 32.2. The first-order valence-corrected chi connectivity index (χ1v) is 10.7. The number of anilines is 1. The molecule has 0 unspecified atom stereocenters. The summed E-state index contributed by atoms with van der Waals surface area (Å²) in [5, 5.41) is 9.34. The highest BCUT2D eigenvalue weighted by Gasteiger charge is 2.22. The van der Waals surface area contributed by atoms with E-state index in [4.69, 9.17) is 0 Å². The maximum atomic E-state index is 12.8. The van der Waals surface area contributed by atoms with Gasteiger partial charge in [0.25, 0.3) is 0 Å². The van der Waals surface area contributed by atoms with Gasteiger partial charge >= 0.3 is 0 Å². The Morgan fingerprint density at radius 3 is 2.66 bits per heavy atom. The van der Waals surface area contributed by atoms with Crippen molar-refractivity contribution in [1.29, 1.82) is 0 Å². The number of aromatic nitrogens is 3. The van der Waals surface area contributed by atoms with Crippen LogP contribution in [0.25, 0.3) is 11.4 Å². The Kier molecular flexibility index (Phi) is 5.76. The van der Waals surface area contributed by atoms with Crippen molar-refractivity contribution in [1.82, 2.24) is 14.8 Å². The molecule has 1 aliphatic heterocycles. The maximum Gasteiger partial charge on any atom is 0.227 e. The topological polar surface area (TPSA) is 68.1 Å². The number of benzene rings is 2. The minimum absolute atomic E-state index is 0.00964. The lowest BCUT2D eigenvalue weighted by molar-refractivity contribution is -0.117. The van der Waals surface area contributed by atoms with Gasteiger partial charge in [0.1, 0.15) is 0 Å². The highest BCUT2D eigenvalue weighted by molar-refractivity contribution is 7.99. The Balaban J connectivity index is 1.48. The third-order valence-electron chi connectivity index (χ3n) is 4.95. The first-order valence-electron chi connectivity index (χ1n) is 9.72. The van der Waals surface area contributed by atoms with Crippen molar-refractivity contribution in [3.8, 4) is 11.4 Å². The average Bonchev–Trinajstić information content (AvgIpc) is 3.38. The van der Waals surface area contributed by atoms with Crippen LogP contribution in [-0.4, -0.2) is 38.8 Å². The van der Waals surface area contributed by atoms with E-state index in [0.29, 0.717) is 18.5 Å². The van der Waals surface area contributed by atoms with Gasteiger partial charge in [-0.15, -0.1) is 10.2 Å². The van der Waals surface area contributed by atoms with Crippen LogP contribution in [0.3, 0.4) is 0 Å². The first kappa shape index (κ1) is 19.4. The van der Waals surface area contributed by atoms with Crippen LogP contribution >= 0.6 is 11.8 Å². The third-order valence-corrected chi connectivity index (χ3v) is 5.92. The number of carbonyl (C=O) groups is 2. The smallest absolute Gasteiger partial charge is 0.227 e. The number of rotatable bonds is 7. The number of hydrogen-bond donors (Lipinski definition) is 0. The number of amides is 1. The van der Waals surface area contributed by atoms with Crippen LogP contribution in [0.1, 0.15) is 30.1 Å². The summed E-state index contributed by atoms with van der Waals surface area (Å²) in [6, 6.07) is 17.2. The second kappa shape index (κ2) is 8.61. The van der Waals surface area contributed by atoms with E-state index in [1.165, 1.54) is 11.8 Å². The molecule has 2 aromatic carbocycles. The van der Waals surface area contributed by atoms with Crippen LogP contribution in [0.2, 0.25) is 0 Å². The molecule has 4 rings (SSSR count). The summed E-state index contributed by atoms with van der Waals surface area (Å²) in [4.78, 5) is 26.5. The molecule has 0 aliphatic carbocycles. The zero-order valence-electron chi connectivity index (χ0n) is 16.2. The quantitative estimate of drug-likeness (QED) is 0.437. The summed E-state index contributed by atoms with van der Waals surface area (Å²) in [6.07, 6.45) is 1.44. The van der Waals surface area contributed by atoms with Crippen molar-refractivity contribution < 1.29 is 9.59 Å². The fourth-order valence-corrected chi connectivity index (χ4v) is 4.36.